The molecule has 0 aliphatic heterocycles. The molecular weight excluding hydrogens is 959 g/mol. The van der Waals surface area contributed by atoms with Gasteiger partial charge in [0.1, 0.15) is 0 Å². The number of amides is 1. The van der Waals surface area contributed by atoms with Gasteiger partial charge in [-0.05, 0) is 89.9 Å². The minimum atomic E-state index is -0.849. The molecule has 0 aromatic heterocycles. The molecule has 6 nitrogen and oxygen atoms in total. The highest BCUT2D eigenvalue weighted by atomic mass is 16.5. The van der Waals surface area contributed by atoms with Gasteiger partial charge >= 0.3 is 5.97 Å². The number of carbonyl (C=O) groups excluding carboxylic acids is 2. The summed E-state index contributed by atoms with van der Waals surface area (Å²) in [6.45, 7) is 4.90. The fourth-order valence-corrected chi connectivity index (χ4v) is 10.7. The average molecular weight is 1090 g/mol. The predicted octanol–water partition coefficient (Wildman–Crippen LogP) is 22.5. The van der Waals surface area contributed by atoms with E-state index < -0.39 is 12.1 Å². The molecular formula is C72H135NO5. The first-order valence-electron chi connectivity index (χ1n) is 34.9. The van der Waals surface area contributed by atoms with Crippen LogP contribution in [0.4, 0.5) is 0 Å². The Morgan fingerprint density at radius 3 is 1.01 bits per heavy atom. The quantitative estimate of drug-likeness (QED) is 0.0320. The molecule has 0 bridgehead atoms. The Morgan fingerprint density at radius 1 is 0.359 bits per heavy atom. The van der Waals surface area contributed by atoms with Crippen molar-refractivity contribution in [3.8, 4) is 0 Å². The van der Waals surface area contributed by atoms with Crippen molar-refractivity contribution in [2.24, 2.45) is 0 Å². The Morgan fingerprint density at radius 2 is 0.641 bits per heavy atom. The summed E-state index contributed by atoms with van der Waals surface area (Å²) < 4.78 is 5.50. The topological polar surface area (TPSA) is 95.9 Å². The second-order valence-corrected chi connectivity index (χ2v) is 23.9. The lowest BCUT2D eigenvalue weighted by Crippen LogP contribution is -2.45. The normalized spacial score (nSPS) is 12.8. The molecule has 78 heavy (non-hydrogen) atoms. The molecule has 0 heterocycles. The molecule has 3 N–H and O–H groups in total. The van der Waals surface area contributed by atoms with E-state index >= 15 is 0 Å². The van der Waals surface area contributed by atoms with Crippen molar-refractivity contribution < 1.29 is 24.5 Å². The van der Waals surface area contributed by atoms with Crippen molar-refractivity contribution in [1.29, 1.82) is 0 Å². The van der Waals surface area contributed by atoms with Crippen LogP contribution in [0.2, 0.25) is 0 Å². The number of ether oxygens (including phenoxy) is 1. The SMILES string of the molecule is CCCCC/C=C\C/C=C\CCCCCCCCCCCC(=O)OCCCCCCCCCCCCCC/C=C\CCCCCCCCCCC(=O)NC(CO)C(O)/C=C/CCCCCCCCCCCCCCCCCC. The number of esters is 1. The monoisotopic (exact) mass is 1090 g/mol. The van der Waals surface area contributed by atoms with Crippen molar-refractivity contribution in [3.05, 3.63) is 48.6 Å². The molecule has 0 aromatic carbocycles. The molecule has 0 saturated heterocycles. The van der Waals surface area contributed by atoms with Gasteiger partial charge in [-0.2, -0.15) is 0 Å². The van der Waals surface area contributed by atoms with E-state index in [1.165, 1.54) is 295 Å². The molecule has 0 rings (SSSR count). The highest BCUT2D eigenvalue weighted by Gasteiger charge is 2.18. The van der Waals surface area contributed by atoms with Crippen molar-refractivity contribution >= 4 is 11.9 Å². The maximum Gasteiger partial charge on any atom is 0.305 e. The summed E-state index contributed by atoms with van der Waals surface area (Å²) in [6.07, 6.45) is 87.5. The van der Waals surface area contributed by atoms with Gasteiger partial charge in [0, 0.05) is 12.8 Å². The summed E-state index contributed by atoms with van der Waals surface area (Å²) in [5.41, 5.74) is 0. The van der Waals surface area contributed by atoms with Gasteiger partial charge in [0.25, 0.3) is 0 Å². The highest BCUT2D eigenvalue weighted by Crippen LogP contribution is 2.18. The Bertz CT molecular complexity index is 1310. The van der Waals surface area contributed by atoms with Crippen molar-refractivity contribution in [2.75, 3.05) is 13.2 Å². The molecule has 458 valence electrons. The van der Waals surface area contributed by atoms with Crippen LogP contribution in [0.25, 0.3) is 0 Å². The van der Waals surface area contributed by atoms with Crippen molar-refractivity contribution in [2.45, 2.75) is 386 Å². The summed E-state index contributed by atoms with van der Waals surface area (Å²) in [5, 5.41) is 23.2. The predicted molar refractivity (Wildman–Crippen MR) is 342 cm³/mol. The summed E-state index contributed by atoms with van der Waals surface area (Å²) in [4.78, 5) is 24.6. The molecule has 0 aromatic rings. The van der Waals surface area contributed by atoms with Gasteiger partial charge < -0.3 is 20.3 Å². The van der Waals surface area contributed by atoms with Crippen LogP contribution in [0, 0.1) is 0 Å². The first-order valence-corrected chi connectivity index (χ1v) is 34.9. The van der Waals surface area contributed by atoms with Crippen molar-refractivity contribution in [1.82, 2.24) is 5.32 Å². The van der Waals surface area contributed by atoms with Crippen molar-refractivity contribution in [3.63, 3.8) is 0 Å². The van der Waals surface area contributed by atoms with Gasteiger partial charge in [-0.15, -0.1) is 0 Å². The van der Waals surface area contributed by atoms with Crippen LogP contribution in [0.3, 0.4) is 0 Å². The minimum Gasteiger partial charge on any atom is -0.466 e. The van der Waals surface area contributed by atoms with E-state index in [2.05, 4.69) is 55.6 Å². The van der Waals surface area contributed by atoms with E-state index in [9.17, 15) is 19.8 Å². The van der Waals surface area contributed by atoms with Gasteiger partial charge in [0.15, 0.2) is 0 Å². The number of carbonyl (C=O) groups is 2. The van der Waals surface area contributed by atoms with Crippen LogP contribution in [-0.4, -0.2) is 47.4 Å². The standard InChI is InChI=1S/C72H135NO5/c1-3-5-7-9-11-13-15-17-19-21-29-34-38-42-46-50-54-58-62-66-72(77)78-67-63-59-55-51-47-43-39-35-31-28-26-24-23-25-27-30-33-37-41-45-49-53-57-61-65-71(76)73-69(68-74)70(75)64-60-56-52-48-44-40-36-32-22-20-18-16-14-12-10-8-6-4-2/h11,13,17,19,25,27,60,64,69-70,74-75H,3-10,12,14-16,18,20-24,26,28-59,61-63,65-68H2,1-2H3,(H,73,76)/b13-11-,19-17-,27-25-,64-60+. The second-order valence-electron chi connectivity index (χ2n) is 23.9. The second kappa shape index (κ2) is 67.3. The van der Waals surface area contributed by atoms with Gasteiger partial charge in [-0.3, -0.25) is 9.59 Å². The molecule has 0 saturated carbocycles. The van der Waals surface area contributed by atoms with Crippen LogP contribution in [0.1, 0.15) is 373 Å². The molecule has 0 radical (unpaired) electrons. The number of unbranched alkanes of at least 4 members (excludes halogenated alkanes) is 48. The smallest absolute Gasteiger partial charge is 0.305 e. The number of hydrogen-bond donors (Lipinski definition) is 3. The third kappa shape index (κ3) is 63.0. The Labute approximate surface area is 486 Å². The largest absolute Gasteiger partial charge is 0.466 e. The lowest BCUT2D eigenvalue weighted by Gasteiger charge is -2.20. The van der Waals surface area contributed by atoms with Crippen LogP contribution < -0.4 is 5.32 Å². The van der Waals surface area contributed by atoms with E-state index in [-0.39, 0.29) is 18.5 Å². The van der Waals surface area contributed by atoms with E-state index in [4.69, 9.17) is 4.74 Å². The van der Waals surface area contributed by atoms with E-state index in [1.807, 2.05) is 6.08 Å². The first-order chi connectivity index (χ1) is 38.5. The van der Waals surface area contributed by atoms with Crippen LogP contribution >= 0.6 is 0 Å². The van der Waals surface area contributed by atoms with Gasteiger partial charge in [0.2, 0.25) is 5.91 Å². The molecule has 0 spiro atoms. The van der Waals surface area contributed by atoms with Crippen LogP contribution in [-0.2, 0) is 14.3 Å². The van der Waals surface area contributed by atoms with E-state index in [0.29, 0.717) is 19.4 Å². The molecule has 6 heteroatoms. The summed E-state index contributed by atoms with van der Waals surface area (Å²) in [5.74, 6) is -0.0618. The zero-order valence-electron chi connectivity index (χ0n) is 52.4. The fourth-order valence-electron chi connectivity index (χ4n) is 10.7. The van der Waals surface area contributed by atoms with Crippen LogP contribution in [0.5, 0.6) is 0 Å². The zero-order chi connectivity index (χ0) is 56.4. The summed E-state index contributed by atoms with van der Waals surface area (Å²) >= 11 is 0. The third-order valence-electron chi connectivity index (χ3n) is 16.1. The molecule has 2 unspecified atom stereocenters. The zero-order valence-corrected chi connectivity index (χ0v) is 52.4. The molecule has 2 atom stereocenters. The number of aliphatic hydroxyl groups is 2. The molecule has 0 aliphatic rings. The van der Waals surface area contributed by atoms with E-state index in [0.717, 1.165) is 51.4 Å². The molecule has 0 fully saturated rings. The first kappa shape index (κ1) is 75.8. The minimum absolute atomic E-state index is 0.00846. The Kier molecular flexibility index (Phi) is 65.4. The number of allylic oxidation sites excluding steroid dienone is 7. The van der Waals surface area contributed by atoms with E-state index in [1.54, 1.807) is 6.08 Å². The number of rotatable bonds is 65. The maximum absolute atomic E-state index is 12.5. The lowest BCUT2D eigenvalue weighted by atomic mass is 10.0. The Hall–Kier alpha value is -2.18. The fraction of sp³-hybridized carbons (Fsp3) is 0.861. The number of aliphatic hydroxyl groups excluding tert-OH is 2. The van der Waals surface area contributed by atoms with Crippen LogP contribution in [0.15, 0.2) is 48.6 Å². The number of hydrogen-bond acceptors (Lipinski definition) is 5. The van der Waals surface area contributed by atoms with Gasteiger partial charge in [-0.1, -0.05) is 319 Å². The average Bonchev–Trinajstić information content (AvgIpc) is 3.44. The highest BCUT2D eigenvalue weighted by molar-refractivity contribution is 5.76. The maximum atomic E-state index is 12.5. The third-order valence-corrected chi connectivity index (χ3v) is 16.1. The van der Waals surface area contributed by atoms with Gasteiger partial charge in [0.05, 0.1) is 25.4 Å². The molecule has 1 amide bonds. The summed E-state index contributed by atoms with van der Waals surface area (Å²) in [6, 6.07) is -0.633. The molecule has 0 aliphatic carbocycles. The van der Waals surface area contributed by atoms with Gasteiger partial charge in [-0.25, -0.2) is 0 Å². The summed E-state index contributed by atoms with van der Waals surface area (Å²) in [7, 11) is 0. The lowest BCUT2D eigenvalue weighted by molar-refractivity contribution is -0.143. The Balaban J connectivity index is 3.42. The number of nitrogens with one attached hydrogen (secondary N) is 1.